The van der Waals surface area contributed by atoms with Crippen molar-refractivity contribution in [2.24, 2.45) is 5.14 Å². The van der Waals surface area contributed by atoms with Crippen LogP contribution in [0.25, 0.3) is 0 Å². The molecule has 1 aromatic rings. The molecule has 0 amide bonds. The molecule has 0 saturated carbocycles. The molecule has 4 nitrogen and oxygen atoms in total. The topological polar surface area (TPSA) is 80.4 Å². The van der Waals surface area contributed by atoms with Crippen LogP contribution in [0.5, 0.6) is 0 Å². The molecule has 0 radical (unpaired) electrons. The predicted molar refractivity (Wildman–Crippen MR) is 63.2 cm³/mol. The van der Waals surface area contributed by atoms with Gasteiger partial charge in [-0.1, -0.05) is 30.3 Å². The van der Waals surface area contributed by atoms with E-state index in [9.17, 15) is 8.42 Å². The van der Waals surface area contributed by atoms with E-state index < -0.39 is 15.3 Å². The van der Waals surface area contributed by atoms with Crippen molar-refractivity contribution < 1.29 is 13.5 Å². The lowest BCUT2D eigenvalue weighted by atomic mass is 10.1. The summed E-state index contributed by atoms with van der Waals surface area (Å²) < 4.78 is 22.9. The minimum Gasteiger partial charge on any atom is -0.396 e. The van der Waals surface area contributed by atoms with Gasteiger partial charge in [0, 0.05) is 6.61 Å². The fourth-order valence-electron chi connectivity index (χ4n) is 1.63. The Labute approximate surface area is 96.2 Å². The van der Waals surface area contributed by atoms with Gasteiger partial charge in [0.25, 0.3) is 0 Å². The predicted octanol–water partition coefficient (Wildman–Crippen LogP) is 1.18. The molecule has 1 unspecified atom stereocenters. The van der Waals surface area contributed by atoms with Crippen molar-refractivity contribution >= 4 is 10.0 Å². The molecular formula is C11H17NO3S. The van der Waals surface area contributed by atoms with Crippen LogP contribution in [0.15, 0.2) is 30.3 Å². The molecule has 16 heavy (non-hydrogen) atoms. The van der Waals surface area contributed by atoms with Gasteiger partial charge in [0.1, 0.15) is 5.25 Å². The minimum absolute atomic E-state index is 0.0755. The third-order valence-corrected chi connectivity index (χ3v) is 3.74. The van der Waals surface area contributed by atoms with Crippen LogP contribution < -0.4 is 5.14 Å². The average Bonchev–Trinajstić information content (AvgIpc) is 2.24. The second-order valence-corrected chi connectivity index (χ2v) is 5.45. The number of aliphatic hydroxyl groups excluding tert-OH is 1. The van der Waals surface area contributed by atoms with Gasteiger partial charge < -0.3 is 5.11 Å². The van der Waals surface area contributed by atoms with Crippen LogP contribution in [0, 0.1) is 0 Å². The fraction of sp³-hybridized carbons (Fsp3) is 0.455. The third kappa shape index (κ3) is 3.92. The number of aliphatic hydroxyl groups is 1. The summed E-state index contributed by atoms with van der Waals surface area (Å²) >= 11 is 0. The summed E-state index contributed by atoms with van der Waals surface area (Å²) in [6.07, 6.45) is 1.69. The van der Waals surface area contributed by atoms with E-state index in [2.05, 4.69) is 0 Å². The standard InChI is InChI=1S/C11H17NO3S/c12-16(14,15)11(8-4-5-9-13)10-6-2-1-3-7-10/h1-3,6-7,11,13H,4-5,8-9H2,(H2,12,14,15). The van der Waals surface area contributed by atoms with Crippen molar-refractivity contribution in [1.82, 2.24) is 0 Å². The number of unbranched alkanes of at least 4 members (excludes halogenated alkanes) is 1. The van der Waals surface area contributed by atoms with Crippen LogP contribution in [-0.4, -0.2) is 20.1 Å². The Bertz CT molecular complexity index is 402. The van der Waals surface area contributed by atoms with Crippen molar-refractivity contribution in [3.63, 3.8) is 0 Å². The van der Waals surface area contributed by atoms with Gasteiger partial charge in [-0.2, -0.15) is 0 Å². The summed E-state index contributed by atoms with van der Waals surface area (Å²) in [7, 11) is -3.58. The first-order valence-corrected chi connectivity index (χ1v) is 6.84. The summed E-state index contributed by atoms with van der Waals surface area (Å²) in [6.45, 7) is 0.0755. The highest BCUT2D eigenvalue weighted by Crippen LogP contribution is 2.25. The molecule has 1 rings (SSSR count). The van der Waals surface area contributed by atoms with Gasteiger partial charge in [-0.15, -0.1) is 0 Å². The molecule has 0 saturated heterocycles. The van der Waals surface area contributed by atoms with Crippen LogP contribution >= 0.6 is 0 Å². The van der Waals surface area contributed by atoms with Crippen LogP contribution in [-0.2, 0) is 10.0 Å². The van der Waals surface area contributed by atoms with Crippen molar-refractivity contribution in [1.29, 1.82) is 0 Å². The average molecular weight is 243 g/mol. The van der Waals surface area contributed by atoms with Crippen molar-refractivity contribution in [2.75, 3.05) is 6.61 Å². The summed E-state index contributed by atoms with van der Waals surface area (Å²) in [5.74, 6) is 0. The number of hydrogen-bond acceptors (Lipinski definition) is 3. The van der Waals surface area contributed by atoms with E-state index in [1.54, 1.807) is 24.3 Å². The van der Waals surface area contributed by atoms with Crippen LogP contribution in [0.2, 0.25) is 0 Å². The van der Waals surface area contributed by atoms with Gasteiger partial charge in [-0.3, -0.25) is 0 Å². The van der Waals surface area contributed by atoms with E-state index in [0.29, 0.717) is 24.8 Å². The van der Waals surface area contributed by atoms with Gasteiger partial charge in [0.05, 0.1) is 0 Å². The van der Waals surface area contributed by atoms with Gasteiger partial charge in [-0.25, -0.2) is 13.6 Å². The normalized spacial score (nSPS) is 13.6. The molecule has 3 N–H and O–H groups in total. The second kappa shape index (κ2) is 5.98. The lowest BCUT2D eigenvalue weighted by Crippen LogP contribution is -2.21. The SMILES string of the molecule is NS(=O)(=O)C(CCCCO)c1ccccc1. The molecule has 1 atom stereocenters. The molecule has 0 aliphatic rings. The van der Waals surface area contributed by atoms with Gasteiger partial charge >= 0.3 is 0 Å². The van der Waals surface area contributed by atoms with Crippen LogP contribution in [0.1, 0.15) is 30.1 Å². The maximum Gasteiger partial charge on any atom is 0.216 e. The van der Waals surface area contributed by atoms with E-state index >= 15 is 0 Å². The van der Waals surface area contributed by atoms with E-state index in [-0.39, 0.29) is 6.61 Å². The number of hydrogen-bond donors (Lipinski definition) is 2. The Morgan fingerprint density at radius 2 is 1.81 bits per heavy atom. The van der Waals surface area contributed by atoms with Crippen molar-refractivity contribution in [2.45, 2.75) is 24.5 Å². The zero-order valence-electron chi connectivity index (χ0n) is 9.04. The molecule has 0 bridgehead atoms. The number of rotatable bonds is 6. The monoisotopic (exact) mass is 243 g/mol. The molecular weight excluding hydrogens is 226 g/mol. The van der Waals surface area contributed by atoms with E-state index in [1.165, 1.54) is 0 Å². The largest absolute Gasteiger partial charge is 0.396 e. The van der Waals surface area contributed by atoms with Crippen molar-refractivity contribution in [3.05, 3.63) is 35.9 Å². The molecule has 1 aromatic carbocycles. The molecule has 0 heterocycles. The molecule has 5 heteroatoms. The lowest BCUT2D eigenvalue weighted by molar-refractivity contribution is 0.282. The van der Waals surface area contributed by atoms with Gasteiger partial charge in [-0.05, 0) is 24.8 Å². The number of nitrogens with two attached hydrogens (primary N) is 1. The number of benzene rings is 1. The summed E-state index contributed by atoms with van der Waals surface area (Å²) in [4.78, 5) is 0. The Balaban J connectivity index is 2.81. The summed E-state index contributed by atoms with van der Waals surface area (Å²) in [5.41, 5.74) is 0.711. The summed E-state index contributed by atoms with van der Waals surface area (Å²) in [6, 6.07) is 8.93. The molecule has 0 aliphatic heterocycles. The Morgan fingerprint density at radius 1 is 1.19 bits per heavy atom. The van der Waals surface area contributed by atoms with Crippen molar-refractivity contribution in [3.8, 4) is 0 Å². The lowest BCUT2D eigenvalue weighted by Gasteiger charge is -2.14. The Hall–Kier alpha value is -0.910. The molecule has 0 aromatic heterocycles. The quantitative estimate of drug-likeness (QED) is 0.736. The molecule has 90 valence electrons. The maximum atomic E-state index is 11.4. The van der Waals surface area contributed by atoms with E-state index in [1.807, 2.05) is 6.07 Å². The summed E-state index contributed by atoms with van der Waals surface area (Å²) in [5, 5.41) is 13.2. The van der Waals surface area contributed by atoms with Gasteiger partial charge in [0.2, 0.25) is 10.0 Å². The molecule has 0 spiro atoms. The minimum atomic E-state index is -3.58. The fourth-order valence-corrected chi connectivity index (χ4v) is 2.66. The Morgan fingerprint density at radius 3 is 2.31 bits per heavy atom. The zero-order valence-corrected chi connectivity index (χ0v) is 9.86. The Kier molecular flexibility index (Phi) is 4.92. The second-order valence-electron chi connectivity index (χ2n) is 3.71. The van der Waals surface area contributed by atoms with Gasteiger partial charge in [0.15, 0.2) is 0 Å². The third-order valence-electron chi connectivity index (χ3n) is 2.44. The number of sulfonamides is 1. The highest BCUT2D eigenvalue weighted by atomic mass is 32.2. The first-order chi connectivity index (χ1) is 7.55. The smallest absolute Gasteiger partial charge is 0.216 e. The van der Waals surface area contributed by atoms with E-state index in [4.69, 9.17) is 10.2 Å². The molecule has 0 aliphatic carbocycles. The highest BCUT2D eigenvalue weighted by molar-refractivity contribution is 7.89. The van der Waals surface area contributed by atoms with Crippen LogP contribution in [0.3, 0.4) is 0 Å². The zero-order chi connectivity index (χ0) is 12.0. The maximum absolute atomic E-state index is 11.4. The van der Waals surface area contributed by atoms with Crippen LogP contribution in [0.4, 0.5) is 0 Å². The van der Waals surface area contributed by atoms with E-state index in [0.717, 1.165) is 0 Å². The number of primary sulfonamides is 1. The first kappa shape index (κ1) is 13.2. The molecule has 0 fully saturated rings. The highest BCUT2D eigenvalue weighted by Gasteiger charge is 2.22. The first-order valence-electron chi connectivity index (χ1n) is 5.23.